The molecule has 0 bridgehead atoms. The first-order valence-corrected chi connectivity index (χ1v) is 7.77. The number of hydrogen-bond acceptors (Lipinski definition) is 3. The van der Waals surface area contributed by atoms with Crippen LogP contribution < -0.4 is 10.1 Å². The van der Waals surface area contributed by atoms with Crippen LogP contribution in [0.25, 0.3) is 0 Å². The highest BCUT2D eigenvalue weighted by Gasteiger charge is 2.01. The number of carbonyl (C=O) groups excluding carboxylic acids is 1. The Morgan fingerprint density at radius 2 is 1.96 bits per heavy atom. The van der Waals surface area contributed by atoms with Crippen LogP contribution in [0.1, 0.15) is 23.1 Å². The minimum Gasteiger partial charge on any atom is -0.496 e. The number of methoxy groups -OCH3 is 1. The van der Waals surface area contributed by atoms with E-state index in [0.717, 1.165) is 22.4 Å². The molecule has 0 aromatic heterocycles. The molecule has 1 amide bonds. The van der Waals surface area contributed by atoms with E-state index < -0.39 is 6.09 Å². The second-order valence-corrected chi connectivity index (χ2v) is 5.22. The number of rotatable bonds is 5. The molecular weight excluding hydrogens is 302 g/mol. The highest BCUT2D eigenvalue weighted by Crippen LogP contribution is 2.17. The van der Waals surface area contributed by atoms with Crippen molar-refractivity contribution in [2.24, 2.45) is 0 Å². The molecule has 0 aliphatic heterocycles. The molecule has 2 aromatic rings. The molecule has 4 heteroatoms. The monoisotopic (exact) mass is 323 g/mol. The third-order valence-corrected chi connectivity index (χ3v) is 3.36. The van der Waals surface area contributed by atoms with Crippen molar-refractivity contribution in [3.8, 4) is 17.6 Å². The zero-order valence-electron chi connectivity index (χ0n) is 14.0. The topological polar surface area (TPSA) is 47.6 Å². The number of nitrogens with one attached hydrogen (secondary N) is 1. The Bertz CT molecular complexity index is 730. The maximum atomic E-state index is 11.6. The van der Waals surface area contributed by atoms with Crippen LogP contribution in [0.4, 0.5) is 4.79 Å². The molecule has 4 nitrogen and oxygen atoms in total. The maximum Gasteiger partial charge on any atom is 0.407 e. The van der Waals surface area contributed by atoms with Gasteiger partial charge >= 0.3 is 6.09 Å². The van der Waals surface area contributed by atoms with Gasteiger partial charge < -0.3 is 14.8 Å². The summed E-state index contributed by atoms with van der Waals surface area (Å²) in [7, 11) is 1.65. The van der Waals surface area contributed by atoms with E-state index in [-0.39, 0.29) is 6.61 Å². The average molecular weight is 323 g/mol. The first-order valence-electron chi connectivity index (χ1n) is 7.77. The predicted octanol–water partition coefficient (Wildman–Crippen LogP) is 3.67. The van der Waals surface area contributed by atoms with E-state index in [9.17, 15) is 4.79 Å². The fourth-order valence-electron chi connectivity index (χ4n) is 2.12. The van der Waals surface area contributed by atoms with Crippen molar-refractivity contribution in [3.63, 3.8) is 0 Å². The lowest BCUT2D eigenvalue weighted by Crippen LogP contribution is -2.24. The van der Waals surface area contributed by atoms with Gasteiger partial charge in [-0.15, -0.1) is 0 Å². The molecule has 0 heterocycles. The van der Waals surface area contributed by atoms with Gasteiger partial charge in [-0.2, -0.15) is 0 Å². The highest BCUT2D eigenvalue weighted by molar-refractivity contribution is 5.67. The molecule has 0 aliphatic carbocycles. The predicted molar refractivity (Wildman–Crippen MR) is 93.9 cm³/mol. The smallest absolute Gasteiger partial charge is 0.407 e. The van der Waals surface area contributed by atoms with Crippen molar-refractivity contribution < 1.29 is 14.3 Å². The minimum absolute atomic E-state index is 0.267. The fraction of sp³-hybridized carbons (Fsp3) is 0.250. The maximum absolute atomic E-state index is 11.6. The van der Waals surface area contributed by atoms with Gasteiger partial charge in [0.15, 0.2) is 0 Å². The summed E-state index contributed by atoms with van der Waals surface area (Å²) in [6.07, 6.45) is 0.131. The molecule has 124 valence electrons. The van der Waals surface area contributed by atoms with Gasteiger partial charge in [-0.3, -0.25) is 0 Å². The van der Waals surface area contributed by atoms with Crippen LogP contribution in [0.3, 0.4) is 0 Å². The van der Waals surface area contributed by atoms with Crippen molar-refractivity contribution in [2.75, 3.05) is 13.7 Å². The van der Waals surface area contributed by atoms with E-state index in [2.05, 4.69) is 17.2 Å². The minimum atomic E-state index is -0.430. The zero-order chi connectivity index (χ0) is 17.2. The first kappa shape index (κ1) is 17.4. The summed E-state index contributed by atoms with van der Waals surface area (Å²) in [5.74, 6) is 6.96. The molecule has 0 atom stereocenters. The van der Waals surface area contributed by atoms with Gasteiger partial charge in [-0.05, 0) is 36.2 Å². The van der Waals surface area contributed by atoms with Crippen molar-refractivity contribution in [1.29, 1.82) is 0 Å². The van der Waals surface area contributed by atoms with Gasteiger partial charge in [0.1, 0.15) is 12.4 Å². The van der Waals surface area contributed by atoms with Crippen molar-refractivity contribution in [2.45, 2.75) is 20.0 Å². The lowest BCUT2D eigenvalue weighted by atomic mass is 10.1. The van der Waals surface area contributed by atoms with Crippen LogP contribution >= 0.6 is 0 Å². The summed E-state index contributed by atoms with van der Waals surface area (Å²) < 4.78 is 10.3. The van der Waals surface area contributed by atoms with E-state index in [1.165, 1.54) is 0 Å². The largest absolute Gasteiger partial charge is 0.496 e. The molecule has 0 unspecified atom stereocenters. The molecular formula is C20H21NO3. The SMILES string of the molecule is COc1ccc(C#CCCNC(=O)OCc2ccccc2)cc1C. The standard InChI is InChI=1S/C20H21NO3/c1-16-14-17(11-12-19(16)23-2)8-6-7-13-21-20(22)24-15-18-9-4-3-5-10-18/h3-5,9-12,14H,7,13,15H2,1-2H3,(H,21,22). The normalized spacial score (nSPS) is 9.58. The van der Waals surface area contributed by atoms with Gasteiger partial charge in [-0.25, -0.2) is 4.79 Å². The van der Waals surface area contributed by atoms with Crippen LogP contribution in [0.5, 0.6) is 5.75 Å². The number of ether oxygens (including phenoxy) is 2. The molecule has 0 saturated heterocycles. The number of alkyl carbamates (subject to hydrolysis) is 1. The molecule has 0 saturated carbocycles. The van der Waals surface area contributed by atoms with E-state index in [1.807, 2.05) is 55.5 Å². The second-order valence-electron chi connectivity index (χ2n) is 5.22. The van der Waals surface area contributed by atoms with Gasteiger partial charge in [0.25, 0.3) is 0 Å². The van der Waals surface area contributed by atoms with Gasteiger partial charge in [0.05, 0.1) is 7.11 Å². The van der Waals surface area contributed by atoms with E-state index in [0.29, 0.717) is 13.0 Å². The summed E-state index contributed by atoms with van der Waals surface area (Å²) in [6, 6.07) is 15.4. The Balaban J connectivity index is 1.69. The van der Waals surface area contributed by atoms with Crippen molar-refractivity contribution in [1.82, 2.24) is 5.32 Å². The van der Waals surface area contributed by atoms with E-state index in [4.69, 9.17) is 9.47 Å². The second kappa shape index (κ2) is 9.26. The molecule has 2 aromatic carbocycles. The molecule has 24 heavy (non-hydrogen) atoms. The van der Waals surface area contributed by atoms with E-state index in [1.54, 1.807) is 7.11 Å². The van der Waals surface area contributed by atoms with Crippen LogP contribution in [0.15, 0.2) is 48.5 Å². The summed E-state index contributed by atoms with van der Waals surface area (Å²) in [5.41, 5.74) is 2.94. The number of carbonyl (C=O) groups is 1. The number of amides is 1. The molecule has 0 radical (unpaired) electrons. The first-order chi connectivity index (χ1) is 11.7. The highest BCUT2D eigenvalue weighted by atomic mass is 16.5. The quantitative estimate of drug-likeness (QED) is 0.674. The Labute approximate surface area is 142 Å². The summed E-state index contributed by atoms with van der Waals surface area (Å²) in [4.78, 5) is 11.6. The number of aryl methyl sites for hydroxylation is 1. The van der Waals surface area contributed by atoms with Gasteiger partial charge in [-0.1, -0.05) is 42.2 Å². The van der Waals surface area contributed by atoms with E-state index >= 15 is 0 Å². The van der Waals surface area contributed by atoms with Crippen LogP contribution in [-0.2, 0) is 11.3 Å². The van der Waals surface area contributed by atoms with Crippen molar-refractivity contribution >= 4 is 6.09 Å². The molecule has 1 N–H and O–H groups in total. The van der Waals surface area contributed by atoms with Crippen molar-refractivity contribution in [3.05, 3.63) is 65.2 Å². The Morgan fingerprint density at radius 1 is 1.17 bits per heavy atom. The Kier molecular flexibility index (Phi) is 6.73. The van der Waals surface area contributed by atoms with Crippen LogP contribution in [-0.4, -0.2) is 19.7 Å². The Hall–Kier alpha value is -2.93. The van der Waals surface area contributed by atoms with Gasteiger partial charge in [0.2, 0.25) is 0 Å². The van der Waals surface area contributed by atoms with Gasteiger partial charge in [0, 0.05) is 18.5 Å². The molecule has 0 aliphatic rings. The molecule has 2 rings (SSSR count). The summed E-state index contributed by atoms with van der Waals surface area (Å²) in [6.45, 7) is 2.70. The third-order valence-electron chi connectivity index (χ3n) is 3.36. The average Bonchev–Trinajstić information content (AvgIpc) is 2.61. The Morgan fingerprint density at radius 3 is 2.67 bits per heavy atom. The molecule has 0 spiro atoms. The lowest BCUT2D eigenvalue weighted by Gasteiger charge is -2.05. The number of hydrogen-bond donors (Lipinski definition) is 1. The molecule has 0 fully saturated rings. The number of benzene rings is 2. The summed E-state index contributed by atoms with van der Waals surface area (Å²) in [5, 5.41) is 2.69. The zero-order valence-corrected chi connectivity index (χ0v) is 14.0. The summed E-state index contributed by atoms with van der Waals surface area (Å²) >= 11 is 0. The van der Waals surface area contributed by atoms with Crippen LogP contribution in [0.2, 0.25) is 0 Å². The third kappa shape index (κ3) is 5.69. The fourth-order valence-corrected chi connectivity index (χ4v) is 2.12. The van der Waals surface area contributed by atoms with Crippen LogP contribution in [0, 0.1) is 18.8 Å². The lowest BCUT2D eigenvalue weighted by molar-refractivity contribution is 0.140.